The SMILES string of the molecule is CN1CC[C@]23c4c5ccc(O)c4O[C@H]2C(OC(=O)CCNC(=O)C(CC(=O)OC(C)(C)C)OC(=O)OC(C)(C)C)=CC[C@@]3(O)[C@H]1C5. The molecule has 5 rings (SSSR count). The van der Waals surface area contributed by atoms with Crippen molar-refractivity contribution in [3.63, 3.8) is 0 Å². The van der Waals surface area contributed by atoms with Gasteiger partial charge in [-0.05, 0) is 85.7 Å². The number of aromatic hydroxyl groups is 1. The predicted octanol–water partition coefficient (Wildman–Crippen LogP) is 2.77. The summed E-state index contributed by atoms with van der Waals surface area (Å²) in [6.45, 7) is 10.4. The number of nitrogens with one attached hydrogen (secondary N) is 1. The number of phenolic OH excluding ortho intramolecular Hbond substituents is 1. The molecule has 1 amide bonds. The fourth-order valence-corrected chi connectivity index (χ4v) is 7.13. The smallest absolute Gasteiger partial charge is 0.504 e. The van der Waals surface area contributed by atoms with Crippen molar-refractivity contribution in [2.75, 3.05) is 20.1 Å². The molecule has 46 heavy (non-hydrogen) atoms. The Hall–Kier alpha value is -3.84. The van der Waals surface area contributed by atoms with E-state index in [-0.39, 0.29) is 36.9 Å². The lowest BCUT2D eigenvalue weighted by Crippen LogP contribution is -2.74. The van der Waals surface area contributed by atoms with E-state index in [9.17, 15) is 29.4 Å². The van der Waals surface area contributed by atoms with Gasteiger partial charge in [0.1, 0.15) is 17.0 Å². The molecule has 2 bridgehead atoms. The van der Waals surface area contributed by atoms with Crippen LogP contribution in [0.15, 0.2) is 24.0 Å². The molecule has 1 aromatic carbocycles. The summed E-state index contributed by atoms with van der Waals surface area (Å²) in [5.41, 5.74) is -2.06. The minimum atomic E-state index is -1.56. The standard InChI is InChI=1S/C33H44N2O11/c1-30(2,3)45-24(38)17-21(43-29(40)46-31(4,5)6)28(39)34-14-11-23(37)42-20-10-12-33(41)22-16-18-8-9-19(36)26-25(18)32(33,27(20)44-26)13-15-35(22)7/h8-10,21-22,27,36,41H,11-17H2,1-7H3,(H,34,39)/t21?,22-,27+,32+,33-/m1/s1. The normalized spacial score (nSPS) is 26.9. The highest BCUT2D eigenvalue weighted by Gasteiger charge is 2.72. The Morgan fingerprint density at radius 2 is 1.78 bits per heavy atom. The number of carbonyl (C=O) groups excluding carboxylic acids is 4. The van der Waals surface area contributed by atoms with Gasteiger partial charge in [0.15, 0.2) is 23.7 Å². The topological polar surface area (TPSA) is 170 Å². The molecule has 2 aliphatic carbocycles. The Morgan fingerprint density at radius 3 is 2.46 bits per heavy atom. The number of likely N-dealkylation sites (N-methyl/N-ethyl adjacent to an activating group) is 1. The van der Waals surface area contributed by atoms with Crippen molar-refractivity contribution in [2.45, 2.75) is 114 Å². The van der Waals surface area contributed by atoms with Crippen LogP contribution in [0, 0.1) is 0 Å². The molecule has 2 heterocycles. The molecule has 1 saturated heterocycles. The van der Waals surface area contributed by atoms with Crippen molar-refractivity contribution >= 4 is 24.0 Å². The number of likely N-dealkylation sites (tertiary alicyclic amines) is 1. The van der Waals surface area contributed by atoms with E-state index >= 15 is 0 Å². The first-order chi connectivity index (χ1) is 21.3. The summed E-state index contributed by atoms with van der Waals surface area (Å²) in [6.07, 6.45) is -1.31. The minimum Gasteiger partial charge on any atom is -0.504 e. The molecule has 0 radical (unpaired) electrons. The van der Waals surface area contributed by atoms with Gasteiger partial charge in [0.05, 0.1) is 23.9 Å². The summed E-state index contributed by atoms with van der Waals surface area (Å²) in [4.78, 5) is 52.9. The molecule has 13 nitrogen and oxygen atoms in total. The number of amides is 1. The van der Waals surface area contributed by atoms with Gasteiger partial charge in [0.2, 0.25) is 0 Å². The largest absolute Gasteiger partial charge is 0.509 e. The number of esters is 2. The molecule has 13 heteroatoms. The van der Waals surface area contributed by atoms with Crippen LogP contribution in [0.5, 0.6) is 11.5 Å². The quantitative estimate of drug-likeness (QED) is 0.280. The van der Waals surface area contributed by atoms with Crippen LogP contribution < -0.4 is 10.1 Å². The fraction of sp³-hybridized carbons (Fsp3) is 0.636. The lowest BCUT2D eigenvalue weighted by Gasteiger charge is -2.61. The van der Waals surface area contributed by atoms with Gasteiger partial charge in [-0.3, -0.25) is 14.4 Å². The summed E-state index contributed by atoms with van der Waals surface area (Å²) in [6, 6.07) is 3.27. The fourth-order valence-electron chi connectivity index (χ4n) is 7.13. The number of carbonyl (C=O) groups is 4. The third kappa shape index (κ3) is 6.14. The second-order valence-electron chi connectivity index (χ2n) is 14.5. The van der Waals surface area contributed by atoms with Gasteiger partial charge in [-0.15, -0.1) is 0 Å². The lowest BCUT2D eigenvalue weighted by molar-refractivity contribution is -0.169. The van der Waals surface area contributed by atoms with Gasteiger partial charge in [0.25, 0.3) is 5.91 Å². The van der Waals surface area contributed by atoms with Crippen LogP contribution in [-0.2, 0) is 45.2 Å². The number of hydrogen-bond acceptors (Lipinski definition) is 12. The Morgan fingerprint density at radius 1 is 1.09 bits per heavy atom. The van der Waals surface area contributed by atoms with Gasteiger partial charge in [0, 0.05) is 24.6 Å². The van der Waals surface area contributed by atoms with Crippen LogP contribution in [0.3, 0.4) is 0 Å². The average molecular weight is 645 g/mol. The molecule has 2 aliphatic heterocycles. The summed E-state index contributed by atoms with van der Waals surface area (Å²) in [5.74, 6) is -1.74. The highest BCUT2D eigenvalue weighted by molar-refractivity contribution is 5.87. The maximum atomic E-state index is 13.1. The Balaban J connectivity index is 1.25. The predicted molar refractivity (Wildman–Crippen MR) is 162 cm³/mol. The highest BCUT2D eigenvalue weighted by Crippen LogP contribution is 2.65. The van der Waals surface area contributed by atoms with E-state index in [1.807, 2.05) is 13.1 Å². The van der Waals surface area contributed by atoms with Crippen molar-refractivity contribution in [3.8, 4) is 11.5 Å². The van der Waals surface area contributed by atoms with Crippen LogP contribution in [0.2, 0.25) is 0 Å². The van der Waals surface area contributed by atoms with Crippen molar-refractivity contribution in [3.05, 3.63) is 35.1 Å². The molecular weight excluding hydrogens is 600 g/mol. The maximum Gasteiger partial charge on any atom is 0.509 e. The zero-order valence-electron chi connectivity index (χ0n) is 27.4. The molecule has 4 aliphatic rings. The van der Waals surface area contributed by atoms with Crippen molar-refractivity contribution in [1.82, 2.24) is 10.2 Å². The number of nitrogens with zero attached hydrogens (tertiary/aromatic N) is 1. The first-order valence-electron chi connectivity index (χ1n) is 15.6. The summed E-state index contributed by atoms with van der Waals surface area (Å²) >= 11 is 0. The number of hydrogen-bond donors (Lipinski definition) is 3. The van der Waals surface area contributed by atoms with Gasteiger partial charge in [-0.2, -0.15) is 0 Å². The highest BCUT2D eigenvalue weighted by atomic mass is 16.7. The van der Waals surface area contributed by atoms with E-state index < -0.39 is 64.8 Å². The zero-order valence-corrected chi connectivity index (χ0v) is 27.4. The van der Waals surface area contributed by atoms with Crippen LogP contribution >= 0.6 is 0 Å². The van der Waals surface area contributed by atoms with E-state index in [4.69, 9.17) is 23.7 Å². The van der Waals surface area contributed by atoms with E-state index in [1.54, 1.807) is 53.7 Å². The van der Waals surface area contributed by atoms with E-state index in [2.05, 4.69) is 10.2 Å². The second-order valence-corrected chi connectivity index (χ2v) is 14.5. The lowest BCUT2D eigenvalue weighted by atomic mass is 9.50. The molecule has 1 aromatic rings. The molecule has 252 valence electrons. The molecular formula is C33H44N2O11. The number of benzene rings is 1. The number of aliphatic hydroxyl groups is 1. The average Bonchev–Trinajstić information content (AvgIpc) is 3.27. The third-order valence-electron chi connectivity index (χ3n) is 8.91. The molecule has 1 spiro atoms. The maximum absolute atomic E-state index is 13.1. The molecule has 5 atom stereocenters. The molecule has 1 fully saturated rings. The van der Waals surface area contributed by atoms with E-state index in [0.717, 1.165) is 11.1 Å². The summed E-state index contributed by atoms with van der Waals surface area (Å²) in [5, 5.41) is 25.4. The zero-order chi connectivity index (χ0) is 33.8. The van der Waals surface area contributed by atoms with Gasteiger partial charge in [-0.25, -0.2) is 4.79 Å². The summed E-state index contributed by atoms with van der Waals surface area (Å²) in [7, 11) is 1.98. The van der Waals surface area contributed by atoms with Gasteiger partial charge >= 0.3 is 18.1 Å². The number of phenols is 1. The van der Waals surface area contributed by atoms with Crippen LogP contribution in [0.25, 0.3) is 0 Å². The molecule has 0 aromatic heterocycles. The first-order valence-corrected chi connectivity index (χ1v) is 15.6. The molecule has 0 saturated carbocycles. The Labute approximate surface area is 268 Å². The van der Waals surface area contributed by atoms with Crippen LogP contribution in [-0.4, -0.2) is 94.3 Å². The Bertz CT molecular complexity index is 1430. The van der Waals surface area contributed by atoms with Crippen LogP contribution in [0.1, 0.15) is 78.4 Å². The number of rotatable bonds is 8. The number of piperidine rings is 1. The van der Waals surface area contributed by atoms with E-state index in [1.165, 1.54) is 0 Å². The molecule has 3 N–H and O–H groups in total. The minimum absolute atomic E-state index is 0.0369. The van der Waals surface area contributed by atoms with Gasteiger partial charge in [-0.1, -0.05) is 6.07 Å². The van der Waals surface area contributed by atoms with Crippen molar-refractivity contribution in [1.29, 1.82) is 0 Å². The summed E-state index contributed by atoms with van der Waals surface area (Å²) < 4.78 is 27.6. The van der Waals surface area contributed by atoms with Crippen molar-refractivity contribution < 1.29 is 53.1 Å². The Kier molecular flexibility index (Phi) is 8.56. The van der Waals surface area contributed by atoms with Crippen LogP contribution in [0.4, 0.5) is 4.79 Å². The number of ether oxygens (including phenoxy) is 5. The first kappa shape index (κ1) is 33.5. The second kappa shape index (κ2) is 11.8. The van der Waals surface area contributed by atoms with E-state index in [0.29, 0.717) is 25.1 Å². The third-order valence-corrected chi connectivity index (χ3v) is 8.91. The molecule has 1 unspecified atom stereocenters. The monoisotopic (exact) mass is 644 g/mol. The van der Waals surface area contributed by atoms with Crippen molar-refractivity contribution in [2.24, 2.45) is 0 Å². The van der Waals surface area contributed by atoms with Gasteiger partial charge < -0.3 is 44.1 Å².